The number of aliphatic carboxylic acids is 2. The van der Waals surface area contributed by atoms with Gasteiger partial charge in [-0.3, -0.25) is 29.0 Å². The van der Waals surface area contributed by atoms with Crippen LogP contribution >= 0.6 is 12.6 Å². The lowest BCUT2D eigenvalue weighted by atomic mass is 10.1. The number of nitrogens with one attached hydrogen (secondary N) is 3. The molecule has 0 aliphatic carbocycles. The zero-order valence-corrected chi connectivity index (χ0v) is 18.5. The summed E-state index contributed by atoms with van der Waals surface area (Å²) in [6.45, 7) is 1.38. The Morgan fingerprint density at radius 2 is 1.47 bits per heavy atom. The highest BCUT2D eigenvalue weighted by atomic mass is 32.1. The number of aliphatic imine (C=N–C) groups is 1. The Balaban J connectivity index is 5.43. The monoisotopic (exact) mass is 477 g/mol. The molecule has 0 heterocycles. The molecular weight excluding hydrogens is 446 g/mol. The Morgan fingerprint density at radius 1 is 0.938 bits per heavy atom. The number of nitrogens with zero attached hydrogens (tertiary/aromatic N) is 1. The van der Waals surface area contributed by atoms with Crippen molar-refractivity contribution >= 4 is 48.2 Å². The molecule has 0 aliphatic rings. The van der Waals surface area contributed by atoms with Gasteiger partial charge in [-0.1, -0.05) is 0 Å². The fourth-order valence-corrected chi connectivity index (χ4v) is 2.48. The molecule has 0 radical (unpaired) electrons. The zero-order valence-electron chi connectivity index (χ0n) is 17.6. The highest BCUT2D eigenvalue weighted by Gasteiger charge is 2.29. The SMILES string of the molecule is C[C@H](NC(=O)[C@H](CCC(=O)O)NC(=O)[C@H](CCCN=C(N)N)NC(=O)[C@@H](N)CS)C(=O)O. The van der Waals surface area contributed by atoms with Gasteiger partial charge < -0.3 is 43.4 Å². The van der Waals surface area contributed by atoms with E-state index in [2.05, 4.69) is 33.6 Å². The van der Waals surface area contributed by atoms with Gasteiger partial charge in [0.15, 0.2) is 5.96 Å². The number of carboxylic acid groups (broad SMARTS) is 2. The molecule has 0 aromatic carbocycles. The minimum Gasteiger partial charge on any atom is -0.481 e. The molecule has 0 saturated heterocycles. The lowest BCUT2D eigenvalue weighted by molar-refractivity contribution is -0.142. The van der Waals surface area contributed by atoms with Gasteiger partial charge in [-0.15, -0.1) is 0 Å². The highest BCUT2D eigenvalue weighted by molar-refractivity contribution is 7.80. The standard InChI is InChI=1S/C17H31N7O7S/c1-8(16(30)31)22-14(28)11(4-5-12(25)26)24-15(29)10(3-2-6-21-17(19)20)23-13(27)9(18)7-32/h8-11,32H,2-7,18H2,1H3,(H,22,28)(H,23,27)(H,24,29)(H,25,26)(H,30,31)(H4,19,20,21)/t8-,9-,10-,11-/m0/s1. The van der Waals surface area contributed by atoms with Crippen molar-refractivity contribution in [1.82, 2.24) is 16.0 Å². The van der Waals surface area contributed by atoms with Crippen LogP contribution in [0.5, 0.6) is 0 Å². The van der Waals surface area contributed by atoms with Gasteiger partial charge in [-0.05, 0) is 26.2 Å². The number of hydrogen-bond donors (Lipinski definition) is 9. The molecule has 0 aromatic rings. The minimum atomic E-state index is -1.35. The van der Waals surface area contributed by atoms with E-state index in [0.29, 0.717) is 0 Å². The number of nitrogens with two attached hydrogens (primary N) is 3. The van der Waals surface area contributed by atoms with E-state index in [0.717, 1.165) is 0 Å². The van der Waals surface area contributed by atoms with E-state index in [1.54, 1.807) is 0 Å². The molecule has 0 fully saturated rings. The number of carbonyl (C=O) groups excluding carboxylic acids is 3. The maximum Gasteiger partial charge on any atom is 0.325 e. The van der Waals surface area contributed by atoms with Crippen molar-refractivity contribution in [2.24, 2.45) is 22.2 Å². The lowest BCUT2D eigenvalue weighted by Gasteiger charge is -2.24. The third-order valence-electron chi connectivity index (χ3n) is 4.12. The average molecular weight is 478 g/mol. The van der Waals surface area contributed by atoms with E-state index in [-0.39, 0.29) is 37.5 Å². The van der Waals surface area contributed by atoms with Crippen molar-refractivity contribution in [2.45, 2.75) is 56.8 Å². The van der Waals surface area contributed by atoms with Gasteiger partial charge in [0.05, 0.1) is 6.04 Å². The molecule has 0 unspecified atom stereocenters. The quantitative estimate of drug-likeness (QED) is 0.0492. The number of carbonyl (C=O) groups is 5. The molecule has 3 amide bonds. The number of carboxylic acids is 2. The van der Waals surface area contributed by atoms with E-state index in [9.17, 15) is 24.0 Å². The fourth-order valence-electron chi connectivity index (χ4n) is 2.32. The first-order chi connectivity index (χ1) is 14.9. The maximum atomic E-state index is 12.8. The van der Waals surface area contributed by atoms with Crippen LogP contribution in [0.4, 0.5) is 0 Å². The first-order valence-corrected chi connectivity index (χ1v) is 10.3. The minimum absolute atomic E-state index is 0.0187. The van der Waals surface area contributed by atoms with Crippen LogP contribution < -0.4 is 33.2 Å². The van der Waals surface area contributed by atoms with Crippen molar-refractivity contribution in [1.29, 1.82) is 0 Å². The molecule has 0 aliphatic heterocycles. The summed E-state index contributed by atoms with van der Waals surface area (Å²) in [5, 5.41) is 24.8. The van der Waals surface area contributed by atoms with Crippen LogP contribution in [0.15, 0.2) is 4.99 Å². The first kappa shape index (κ1) is 28.9. The highest BCUT2D eigenvalue weighted by Crippen LogP contribution is 2.04. The molecule has 0 bridgehead atoms. The van der Waals surface area contributed by atoms with Gasteiger partial charge in [0.1, 0.15) is 18.1 Å². The van der Waals surface area contributed by atoms with Crippen LogP contribution in [-0.4, -0.2) is 82.3 Å². The van der Waals surface area contributed by atoms with E-state index in [1.807, 2.05) is 0 Å². The van der Waals surface area contributed by atoms with Gasteiger partial charge >= 0.3 is 11.9 Å². The summed E-state index contributed by atoms with van der Waals surface area (Å²) in [6, 6.07) is -4.75. The second-order valence-electron chi connectivity index (χ2n) is 6.86. The predicted octanol–water partition coefficient (Wildman–Crippen LogP) is -3.28. The average Bonchev–Trinajstić information content (AvgIpc) is 2.71. The molecule has 0 rings (SSSR count). The molecule has 15 heteroatoms. The normalized spacial score (nSPS) is 14.2. The summed E-state index contributed by atoms with van der Waals surface area (Å²) in [7, 11) is 0. The Labute approximate surface area is 190 Å². The van der Waals surface area contributed by atoms with E-state index in [4.69, 9.17) is 27.4 Å². The lowest BCUT2D eigenvalue weighted by Crippen LogP contribution is -2.57. The Bertz CT molecular complexity index is 715. The van der Waals surface area contributed by atoms with Crippen LogP contribution in [-0.2, 0) is 24.0 Å². The van der Waals surface area contributed by atoms with E-state index >= 15 is 0 Å². The molecule has 182 valence electrons. The predicted molar refractivity (Wildman–Crippen MR) is 118 cm³/mol. The second-order valence-corrected chi connectivity index (χ2v) is 7.23. The summed E-state index contributed by atoms with van der Waals surface area (Å²) in [5.41, 5.74) is 16.1. The summed E-state index contributed by atoms with van der Waals surface area (Å²) < 4.78 is 0. The van der Waals surface area contributed by atoms with Gasteiger partial charge in [0.2, 0.25) is 17.7 Å². The maximum absolute atomic E-state index is 12.8. The molecule has 0 aromatic heterocycles. The zero-order chi connectivity index (χ0) is 24.8. The summed E-state index contributed by atoms with van der Waals surface area (Å²) in [4.78, 5) is 63.0. The van der Waals surface area contributed by atoms with Gasteiger partial charge in [-0.2, -0.15) is 12.6 Å². The van der Waals surface area contributed by atoms with Crippen molar-refractivity contribution in [2.75, 3.05) is 12.3 Å². The number of hydrogen-bond acceptors (Lipinski definition) is 8. The summed E-state index contributed by atoms with van der Waals surface area (Å²) in [6.07, 6.45) is -0.406. The molecule has 4 atom stereocenters. The Hall–Kier alpha value is -3.07. The molecule has 0 saturated carbocycles. The van der Waals surface area contributed by atoms with Gasteiger partial charge in [-0.25, -0.2) is 0 Å². The van der Waals surface area contributed by atoms with Crippen LogP contribution in [0.2, 0.25) is 0 Å². The van der Waals surface area contributed by atoms with Crippen LogP contribution in [0.25, 0.3) is 0 Å². The number of rotatable bonds is 15. The van der Waals surface area contributed by atoms with Crippen LogP contribution in [0.1, 0.15) is 32.6 Å². The number of thiol groups is 1. The Kier molecular flexibility index (Phi) is 13.4. The van der Waals surface area contributed by atoms with Crippen molar-refractivity contribution in [3.05, 3.63) is 0 Å². The molecule has 0 spiro atoms. The number of amides is 3. The largest absolute Gasteiger partial charge is 0.481 e. The molecule has 14 nitrogen and oxygen atoms in total. The molecular formula is C17H31N7O7S. The summed E-state index contributed by atoms with van der Waals surface area (Å²) in [5.74, 6) is -4.99. The topological polar surface area (TPSA) is 252 Å². The second kappa shape index (κ2) is 14.9. The summed E-state index contributed by atoms with van der Waals surface area (Å²) >= 11 is 3.93. The molecule has 32 heavy (non-hydrogen) atoms. The van der Waals surface area contributed by atoms with Gasteiger partial charge in [0, 0.05) is 18.7 Å². The van der Waals surface area contributed by atoms with Crippen molar-refractivity contribution in [3.8, 4) is 0 Å². The number of guanidine groups is 1. The third-order valence-corrected chi connectivity index (χ3v) is 4.51. The van der Waals surface area contributed by atoms with E-state index < -0.39 is 60.2 Å². The first-order valence-electron chi connectivity index (χ1n) is 9.66. The van der Waals surface area contributed by atoms with Gasteiger partial charge in [0.25, 0.3) is 0 Å². The van der Waals surface area contributed by atoms with Crippen LogP contribution in [0.3, 0.4) is 0 Å². The third kappa shape index (κ3) is 11.9. The van der Waals surface area contributed by atoms with Crippen LogP contribution in [0, 0.1) is 0 Å². The fraction of sp³-hybridized carbons (Fsp3) is 0.647. The Morgan fingerprint density at radius 3 is 1.97 bits per heavy atom. The smallest absolute Gasteiger partial charge is 0.325 e. The molecule has 11 N–H and O–H groups in total. The van der Waals surface area contributed by atoms with Crippen molar-refractivity contribution in [3.63, 3.8) is 0 Å². The van der Waals surface area contributed by atoms with Crippen molar-refractivity contribution < 1.29 is 34.2 Å². The van der Waals surface area contributed by atoms with E-state index in [1.165, 1.54) is 6.92 Å².